The monoisotopic (exact) mass is 383 g/mol. The maximum absolute atomic E-state index is 12.9. The molecule has 0 saturated carbocycles. The van der Waals surface area contributed by atoms with Gasteiger partial charge in [0.1, 0.15) is 0 Å². The van der Waals surface area contributed by atoms with Gasteiger partial charge in [0, 0.05) is 24.9 Å². The minimum Gasteiger partial charge on any atom is -0.369 e. The van der Waals surface area contributed by atoms with Crippen molar-refractivity contribution >= 4 is 22.7 Å². The number of aromatic nitrogens is 2. The molecule has 2 saturated heterocycles. The summed E-state index contributed by atoms with van der Waals surface area (Å²) in [5.41, 5.74) is 7.32. The van der Waals surface area contributed by atoms with E-state index in [4.69, 9.17) is 5.73 Å². The predicted molar refractivity (Wildman–Crippen MR) is 108 cm³/mol. The first kappa shape index (κ1) is 18.9. The summed E-state index contributed by atoms with van der Waals surface area (Å²) in [7, 11) is 0. The fraction of sp³-hybridized carbons (Fsp3) is 0.571. The van der Waals surface area contributed by atoms with Crippen molar-refractivity contribution in [1.82, 2.24) is 20.4 Å². The Kier molecular flexibility index (Phi) is 5.62. The number of primary amides is 1. The molecule has 0 aliphatic carbocycles. The molecule has 1 unspecified atom stereocenters. The molecule has 2 amide bonds. The molecule has 1 aromatic heterocycles. The molecule has 0 spiro atoms. The Labute approximate surface area is 165 Å². The van der Waals surface area contributed by atoms with E-state index in [9.17, 15) is 9.59 Å². The normalized spacial score (nSPS) is 20.4. The van der Waals surface area contributed by atoms with Crippen LogP contribution in [0.5, 0.6) is 0 Å². The van der Waals surface area contributed by atoms with Crippen molar-refractivity contribution in [2.24, 2.45) is 17.6 Å². The number of hydrogen-bond donors (Lipinski definition) is 3. The van der Waals surface area contributed by atoms with Crippen LogP contribution in [0.3, 0.4) is 0 Å². The number of hydrogen-bond acceptors (Lipinski definition) is 4. The van der Waals surface area contributed by atoms with Gasteiger partial charge >= 0.3 is 0 Å². The largest absolute Gasteiger partial charge is 0.369 e. The van der Waals surface area contributed by atoms with E-state index in [0.29, 0.717) is 0 Å². The molecular formula is C21H29N5O2. The number of carbonyl (C=O) groups is 2. The van der Waals surface area contributed by atoms with Crippen LogP contribution in [-0.2, 0) is 9.59 Å². The summed E-state index contributed by atoms with van der Waals surface area (Å²) in [6, 6.07) is 5.63. The Morgan fingerprint density at radius 1 is 1.14 bits per heavy atom. The minimum atomic E-state index is -0.603. The van der Waals surface area contributed by atoms with Crippen LogP contribution in [0.25, 0.3) is 10.9 Å². The molecule has 150 valence electrons. The molecule has 1 atom stereocenters. The molecule has 2 aliphatic rings. The standard InChI is InChI=1S/C21H29N5O2/c22-21(28)18(16-1-2-19-17(11-16)13-24-25-19)12-20(27)26-9-5-15(6-10-26)14-3-7-23-8-4-14/h1-2,11,13-15,18,23H,3-10,12H2,(H2,22,28)(H,24,25). The van der Waals surface area contributed by atoms with Crippen molar-refractivity contribution in [2.75, 3.05) is 26.2 Å². The number of nitrogens with zero attached hydrogens (tertiary/aromatic N) is 2. The lowest BCUT2D eigenvalue weighted by atomic mass is 9.79. The quantitative estimate of drug-likeness (QED) is 0.732. The van der Waals surface area contributed by atoms with E-state index in [1.807, 2.05) is 23.1 Å². The highest BCUT2D eigenvalue weighted by atomic mass is 16.2. The zero-order valence-corrected chi connectivity index (χ0v) is 16.2. The van der Waals surface area contributed by atoms with E-state index >= 15 is 0 Å². The minimum absolute atomic E-state index is 0.0276. The van der Waals surface area contributed by atoms with Gasteiger partial charge in [0.05, 0.1) is 17.6 Å². The van der Waals surface area contributed by atoms with Gasteiger partial charge < -0.3 is 16.0 Å². The van der Waals surface area contributed by atoms with E-state index in [-0.39, 0.29) is 12.3 Å². The van der Waals surface area contributed by atoms with Crippen LogP contribution in [0.2, 0.25) is 0 Å². The molecule has 1 aromatic carbocycles. The van der Waals surface area contributed by atoms with Crippen LogP contribution >= 0.6 is 0 Å². The topological polar surface area (TPSA) is 104 Å². The summed E-state index contributed by atoms with van der Waals surface area (Å²) in [5, 5.41) is 11.2. The van der Waals surface area contributed by atoms with Crippen LogP contribution in [0.4, 0.5) is 0 Å². The number of nitrogens with one attached hydrogen (secondary N) is 2. The predicted octanol–water partition coefficient (Wildman–Crippen LogP) is 1.76. The summed E-state index contributed by atoms with van der Waals surface area (Å²) in [5.74, 6) is 0.481. The van der Waals surface area contributed by atoms with Gasteiger partial charge in [-0.1, -0.05) is 6.07 Å². The summed E-state index contributed by atoms with van der Waals surface area (Å²) in [4.78, 5) is 26.9. The molecular weight excluding hydrogens is 354 g/mol. The van der Waals surface area contributed by atoms with Crippen molar-refractivity contribution in [3.63, 3.8) is 0 Å². The highest BCUT2D eigenvalue weighted by molar-refractivity contribution is 5.90. The van der Waals surface area contributed by atoms with Crippen LogP contribution in [0.1, 0.15) is 43.6 Å². The molecule has 4 N–H and O–H groups in total. The third kappa shape index (κ3) is 4.04. The number of rotatable bonds is 5. The van der Waals surface area contributed by atoms with Crippen LogP contribution < -0.4 is 11.1 Å². The smallest absolute Gasteiger partial charge is 0.225 e. The number of H-pyrrole nitrogens is 1. The van der Waals surface area contributed by atoms with E-state index in [1.54, 1.807) is 6.20 Å². The fourth-order valence-corrected chi connectivity index (χ4v) is 4.80. The van der Waals surface area contributed by atoms with Gasteiger partial charge in [-0.05, 0) is 68.3 Å². The zero-order chi connectivity index (χ0) is 19.5. The number of fused-ring (bicyclic) bond motifs is 1. The average molecular weight is 383 g/mol. The Balaban J connectivity index is 1.37. The van der Waals surface area contributed by atoms with Crippen LogP contribution in [0.15, 0.2) is 24.4 Å². The van der Waals surface area contributed by atoms with Crippen molar-refractivity contribution in [3.05, 3.63) is 30.0 Å². The zero-order valence-electron chi connectivity index (χ0n) is 16.2. The van der Waals surface area contributed by atoms with Gasteiger partial charge in [-0.2, -0.15) is 5.10 Å². The highest BCUT2D eigenvalue weighted by Gasteiger charge is 2.31. The first-order valence-electron chi connectivity index (χ1n) is 10.3. The lowest BCUT2D eigenvalue weighted by molar-refractivity contribution is -0.135. The molecule has 2 fully saturated rings. The van der Waals surface area contributed by atoms with E-state index in [0.717, 1.165) is 67.3 Å². The molecule has 7 heteroatoms. The molecule has 28 heavy (non-hydrogen) atoms. The van der Waals surface area contributed by atoms with Gasteiger partial charge in [-0.3, -0.25) is 14.7 Å². The lowest BCUT2D eigenvalue weighted by Crippen LogP contribution is -2.42. The number of piperidine rings is 2. The van der Waals surface area contributed by atoms with Crippen molar-refractivity contribution in [2.45, 2.75) is 38.0 Å². The second-order valence-corrected chi connectivity index (χ2v) is 8.18. The number of aromatic amines is 1. The molecule has 0 radical (unpaired) electrons. The van der Waals surface area contributed by atoms with Crippen molar-refractivity contribution in [3.8, 4) is 0 Å². The van der Waals surface area contributed by atoms with Gasteiger partial charge in [-0.15, -0.1) is 0 Å². The lowest BCUT2D eigenvalue weighted by Gasteiger charge is -2.38. The van der Waals surface area contributed by atoms with E-state index in [1.165, 1.54) is 12.8 Å². The Morgan fingerprint density at radius 2 is 1.86 bits per heavy atom. The van der Waals surface area contributed by atoms with Crippen LogP contribution in [-0.4, -0.2) is 53.1 Å². The van der Waals surface area contributed by atoms with E-state index < -0.39 is 11.8 Å². The number of amides is 2. The number of likely N-dealkylation sites (tertiary alicyclic amines) is 1. The third-order valence-corrected chi connectivity index (χ3v) is 6.53. The van der Waals surface area contributed by atoms with Crippen molar-refractivity contribution < 1.29 is 9.59 Å². The van der Waals surface area contributed by atoms with Crippen LogP contribution in [0, 0.1) is 11.8 Å². The fourth-order valence-electron chi connectivity index (χ4n) is 4.80. The Hall–Kier alpha value is -2.41. The van der Waals surface area contributed by atoms with Crippen molar-refractivity contribution in [1.29, 1.82) is 0 Å². The Bertz CT molecular complexity index is 834. The van der Waals surface area contributed by atoms with E-state index in [2.05, 4.69) is 15.5 Å². The van der Waals surface area contributed by atoms with Gasteiger partial charge in [0.2, 0.25) is 11.8 Å². The highest BCUT2D eigenvalue weighted by Crippen LogP contribution is 2.32. The number of carbonyl (C=O) groups excluding carboxylic acids is 2. The molecule has 2 aliphatic heterocycles. The third-order valence-electron chi connectivity index (χ3n) is 6.53. The van der Waals surface area contributed by atoms with Gasteiger partial charge in [0.15, 0.2) is 0 Å². The first-order chi connectivity index (χ1) is 13.6. The summed E-state index contributed by atoms with van der Waals surface area (Å²) in [6.45, 7) is 3.82. The summed E-state index contributed by atoms with van der Waals surface area (Å²) < 4.78 is 0. The maximum atomic E-state index is 12.9. The molecule has 4 rings (SSSR count). The molecule has 0 bridgehead atoms. The molecule has 7 nitrogen and oxygen atoms in total. The molecule has 3 heterocycles. The summed E-state index contributed by atoms with van der Waals surface area (Å²) >= 11 is 0. The number of nitrogens with two attached hydrogens (primary N) is 1. The molecule has 2 aromatic rings. The first-order valence-corrected chi connectivity index (χ1v) is 10.3. The van der Waals surface area contributed by atoms with Gasteiger partial charge in [0.25, 0.3) is 0 Å². The average Bonchev–Trinajstić information content (AvgIpc) is 3.20. The number of benzene rings is 1. The second kappa shape index (κ2) is 8.31. The maximum Gasteiger partial charge on any atom is 0.225 e. The van der Waals surface area contributed by atoms with Gasteiger partial charge in [-0.25, -0.2) is 0 Å². The second-order valence-electron chi connectivity index (χ2n) is 8.18. The summed E-state index contributed by atoms with van der Waals surface area (Å²) in [6.07, 6.45) is 6.48. The SMILES string of the molecule is NC(=O)C(CC(=O)N1CCC(C2CCNCC2)CC1)c1ccc2[nH]ncc2c1. The Morgan fingerprint density at radius 3 is 2.57 bits per heavy atom.